The molecular formula is C19H18Cl2N4O. The summed E-state index contributed by atoms with van der Waals surface area (Å²) in [6.07, 6.45) is 1.70. The molecule has 0 radical (unpaired) electrons. The zero-order valence-electron chi connectivity index (χ0n) is 14.1. The Bertz CT molecular complexity index is 959. The summed E-state index contributed by atoms with van der Waals surface area (Å²) in [7, 11) is 1.92. The number of H-pyrrole nitrogens is 1. The molecule has 0 aliphatic heterocycles. The van der Waals surface area contributed by atoms with E-state index in [9.17, 15) is 4.79 Å². The molecule has 4 rings (SSSR count). The molecule has 2 aromatic carbocycles. The van der Waals surface area contributed by atoms with Crippen LogP contribution in [-0.2, 0) is 4.79 Å². The van der Waals surface area contributed by atoms with Crippen LogP contribution in [0.1, 0.15) is 12.8 Å². The topological polar surface area (TPSA) is 69.8 Å². The first-order valence-corrected chi connectivity index (χ1v) is 9.23. The molecule has 5 nitrogen and oxygen atoms in total. The standard InChI is InChI=1S/C19H18Cl2N4O/c1-22-12-7-11(8-12)19(26)23-18-13-9-10(5-6-16(13)24-25-18)17-14(20)3-2-4-15(17)21/h2-6,9,11-12,22H,7-8H2,1H3,(H2,23,24,25,26). The van der Waals surface area contributed by atoms with Gasteiger partial charge in [-0.25, -0.2) is 0 Å². The van der Waals surface area contributed by atoms with Crippen molar-refractivity contribution >= 4 is 45.8 Å². The normalized spacial score (nSPS) is 19.3. The van der Waals surface area contributed by atoms with Gasteiger partial charge in [-0.3, -0.25) is 9.89 Å². The SMILES string of the molecule is CNC1CC(C(=O)Nc2n[nH]c3ccc(-c4c(Cl)cccc4Cl)cc23)C1. The zero-order chi connectivity index (χ0) is 18.3. The second-order valence-corrected chi connectivity index (χ2v) is 7.39. The lowest BCUT2D eigenvalue weighted by Gasteiger charge is -2.33. The van der Waals surface area contributed by atoms with Gasteiger partial charge in [-0.2, -0.15) is 5.10 Å². The Morgan fingerprint density at radius 3 is 2.62 bits per heavy atom. The highest BCUT2D eigenvalue weighted by Crippen LogP contribution is 2.37. The van der Waals surface area contributed by atoms with Gasteiger partial charge in [0.05, 0.1) is 5.52 Å². The van der Waals surface area contributed by atoms with Crippen molar-refractivity contribution in [2.24, 2.45) is 5.92 Å². The average molecular weight is 389 g/mol. The van der Waals surface area contributed by atoms with Gasteiger partial charge in [0.15, 0.2) is 5.82 Å². The van der Waals surface area contributed by atoms with Crippen LogP contribution >= 0.6 is 23.2 Å². The fourth-order valence-electron chi connectivity index (χ4n) is 3.32. The largest absolute Gasteiger partial charge is 0.317 e. The lowest BCUT2D eigenvalue weighted by Crippen LogP contribution is -2.44. The molecule has 1 amide bonds. The summed E-state index contributed by atoms with van der Waals surface area (Å²) in [6, 6.07) is 11.6. The molecule has 1 aromatic heterocycles. The molecule has 1 saturated carbocycles. The first-order valence-electron chi connectivity index (χ1n) is 8.47. The van der Waals surface area contributed by atoms with Gasteiger partial charge in [0.2, 0.25) is 5.91 Å². The number of benzene rings is 2. The molecule has 1 heterocycles. The highest BCUT2D eigenvalue weighted by molar-refractivity contribution is 6.39. The maximum atomic E-state index is 12.4. The van der Waals surface area contributed by atoms with Crippen molar-refractivity contribution in [3.63, 3.8) is 0 Å². The van der Waals surface area contributed by atoms with Gasteiger partial charge < -0.3 is 10.6 Å². The molecule has 1 aliphatic carbocycles. The third-order valence-corrected chi connectivity index (χ3v) is 5.60. The van der Waals surface area contributed by atoms with E-state index in [1.54, 1.807) is 12.1 Å². The predicted molar refractivity (Wildman–Crippen MR) is 106 cm³/mol. The van der Waals surface area contributed by atoms with Crippen LogP contribution in [0, 0.1) is 5.92 Å². The van der Waals surface area contributed by atoms with Crippen molar-refractivity contribution in [3.8, 4) is 11.1 Å². The maximum Gasteiger partial charge on any atom is 0.228 e. The number of carbonyl (C=O) groups excluding carboxylic acids is 1. The highest BCUT2D eigenvalue weighted by Gasteiger charge is 2.33. The molecule has 3 N–H and O–H groups in total. The van der Waals surface area contributed by atoms with E-state index in [2.05, 4.69) is 20.8 Å². The molecule has 0 atom stereocenters. The fraction of sp³-hybridized carbons (Fsp3) is 0.263. The molecule has 134 valence electrons. The number of amides is 1. The molecule has 0 spiro atoms. The number of halogens is 2. The first-order chi connectivity index (χ1) is 12.6. The molecule has 0 saturated heterocycles. The van der Waals surface area contributed by atoms with Gasteiger partial charge in [0.25, 0.3) is 0 Å². The molecule has 3 aromatic rings. The summed E-state index contributed by atoms with van der Waals surface area (Å²) >= 11 is 12.7. The number of carbonyl (C=O) groups is 1. The van der Waals surface area contributed by atoms with Gasteiger partial charge in [0.1, 0.15) is 0 Å². The van der Waals surface area contributed by atoms with Crippen molar-refractivity contribution in [2.45, 2.75) is 18.9 Å². The summed E-state index contributed by atoms with van der Waals surface area (Å²) in [5.41, 5.74) is 2.49. The van der Waals surface area contributed by atoms with E-state index in [4.69, 9.17) is 23.2 Å². The van der Waals surface area contributed by atoms with Crippen LogP contribution < -0.4 is 10.6 Å². The number of rotatable bonds is 4. The van der Waals surface area contributed by atoms with Crippen LogP contribution in [0.2, 0.25) is 10.0 Å². The van der Waals surface area contributed by atoms with Gasteiger partial charge in [-0.05, 0) is 49.7 Å². The lowest BCUT2D eigenvalue weighted by atomic mass is 9.80. The molecule has 26 heavy (non-hydrogen) atoms. The Balaban J connectivity index is 1.64. The molecule has 1 fully saturated rings. The van der Waals surface area contributed by atoms with Crippen LogP contribution in [0.5, 0.6) is 0 Å². The number of aromatic nitrogens is 2. The second-order valence-electron chi connectivity index (χ2n) is 6.57. The minimum Gasteiger partial charge on any atom is -0.317 e. The summed E-state index contributed by atoms with van der Waals surface area (Å²) in [6.45, 7) is 0. The Hall–Kier alpha value is -2.08. The number of hydrogen-bond donors (Lipinski definition) is 3. The predicted octanol–water partition coefficient (Wildman–Crippen LogP) is 4.47. The zero-order valence-corrected chi connectivity index (χ0v) is 15.7. The highest BCUT2D eigenvalue weighted by atomic mass is 35.5. The summed E-state index contributed by atoms with van der Waals surface area (Å²) in [4.78, 5) is 12.4. The number of nitrogens with one attached hydrogen (secondary N) is 3. The number of hydrogen-bond acceptors (Lipinski definition) is 3. The van der Waals surface area contributed by atoms with Crippen molar-refractivity contribution in [1.82, 2.24) is 15.5 Å². The van der Waals surface area contributed by atoms with E-state index in [0.29, 0.717) is 21.9 Å². The Morgan fingerprint density at radius 2 is 1.92 bits per heavy atom. The average Bonchev–Trinajstić information content (AvgIpc) is 2.96. The van der Waals surface area contributed by atoms with Gasteiger partial charge in [0, 0.05) is 33.0 Å². The fourth-order valence-corrected chi connectivity index (χ4v) is 3.94. The third kappa shape index (κ3) is 3.07. The minimum atomic E-state index is 0.00563. The smallest absolute Gasteiger partial charge is 0.228 e. The number of anilines is 1. The number of fused-ring (bicyclic) bond motifs is 1. The van der Waals surface area contributed by atoms with Gasteiger partial charge >= 0.3 is 0 Å². The monoisotopic (exact) mass is 388 g/mol. The van der Waals surface area contributed by atoms with E-state index in [0.717, 1.165) is 34.9 Å². The van der Waals surface area contributed by atoms with Crippen molar-refractivity contribution in [3.05, 3.63) is 46.4 Å². The molecule has 0 unspecified atom stereocenters. The number of aromatic amines is 1. The Morgan fingerprint density at radius 1 is 1.19 bits per heavy atom. The Labute approximate surface area is 161 Å². The first kappa shape index (κ1) is 17.3. The van der Waals surface area contributed by atoms with Crippen LogP contribution in [0.25, 0.3) is 22.0 Å². The van der Waals surface area contributed by atoms with Gasteiger partial charge in [-0.1, -0.05) is 35.3 Å². The van der Waals surface area contributed by atoms with Gasteiger partial charge in [-0.15, -0.1) is 0 Å². The van der Waals surface area contributed by atoms with E-state index in [1.807, 2.05) is 31.3 Å². The van der Waals surface area contributed by atoms with Crippen LogP contribution in [0.4, 0.5) is 5.82 Å². The van der Waals surface area contributed by atoms with E-state index in [1.165, 1.54) is 0 Å². The quantitative estimate of drug-likeness (QED) is 0.617. The van der Waals surface area contributed by atoms with Crippen LogP contribution in [0.15, 0.2) is 36.4 Å². The molecular weight excluding hydrogens is 371 g/mol. The van der Waals surface area contributed by atoms with Crippen LogP contribution in [-0.4, -0.2) is 29.2 Å². The molecule has 1 aliphatic rings. The second kappa shape index (κ2) is 6.91. The van der Waals surface area contributed by atoms with Crippen molar-refractivity contribution in [2.75, 3.05) is 12.4 Å². The lowest BCUT2D eigenvalue weighted by molar-refractivity contribution is -0.122. The van der Waals surface area contributed by atoms with E-state index in [-0.39, 0.29) is 11.8 Å². The Kier molecular flexibility index (Phi) is 4.61. The summed E-state index contributed by atoms with van der Waals surface area (Å²) in [5.74, 6) is 0.564. The summed E-state index contributed by atoms with van der Waals surface area (Å²) in [5, 5.41) is 15.3. The van der Waals surface area contributed by atoms with Crippen molar-refractivity contribution in [1.29, 1.82) is 0 Å². The van der Waals surface area contributed by atoms with E-state index < -0.39 is 0 Å². The minimum absolute atomic E-state index is 0.00563. The number of nitrogens with zero attached hydrogens (tertiary/aromatic N) is 1. The molecule has 0 bridgehead atoms. The van der Waals surface area contributed by atoms with Crippen LogP contribution in [0.3, 0.4) is 0 Å². The maximum absolute atomic E-state index is 12.4. The third-order valence-electron chi connectivity index (χ3n) is 4.97. The van der Waals surface area contributed by atoms with Crippen molar-refractivity contribution < 1.29 is 4.79 Å². The molecule has 7 heteroatoms. The van der Waals surface area contributed by atoms with E-state index >= 15 is 0 Å². The summed E-state index contributed by atoms with van der Waals surface area (Å²) < 4.78 is 0.